The van der Waals surface area contributed by atoms with Gasteiger partial charge in [0.2, 0.25) is 0 Å². The average molecular weight is 280 g/mol. The Kier molecular flexibility index (Phi) is 6.14. The van der Waals surface area contributed by atoms with Crippen LogP contribution >= 0.6 is 11.6 Å². The van der Waals surface area contributed by atoms with Gasteiger partial charge < -0.3 is 10.2 Å². The lowest BCUT2D eigenvalue weighted by Crippen LogP contribution is -2.23. The molecule has 3 nitrogen and oxygen atoms in total. The Labute approximate surface area is 121 Å². The predicted molar refractivity (Wildman–Crippen MR) is 81.6 cm³/mol. The maximum absolute atomic E-state index is 8.86. The van der Waals surface area contributed by atoms with Gasteiger partial charge in [0.25, 0.3) is 0 Å². The van der Waals surface area contributed by atoms with E-state index in [1.54, 1.807) is 0 Å². The number of hydrogen-bond acceptors (Lipinski definition) is 3. The minimum Gasteiger partial charge on any atom is -0.372 e. The van der Waals surface area contributed by atoms with Crippen LogP contribution in [0.2, 0.25) is 5.02 Å². The molecule has 0 radical (unpaired) electrons. The summed E-state index contributed by atoms with van der Waals surface area (Å²) in [6.45, 7) is 7.73. The van der Waals surface area contributed by atoms with Gasteiger partial charge in [-0.05, 0) is 38.1 Å². The van der Waals surface area contributed by atoms with E-state index in [1.807, 2.05) is 31.0 Å². The molecule has 0 bridgehead atoms. The molecule has 1 rings (SSSR count). The van der Waals surface area contributed by atoms with E-state index in [2.05, 4.69) is 31.3 Å². The third kappa shape index (κ3) is 4.41. The standard InChI is InChI=1S/C15H22ClN3/c1-5-18-12(3)13-6-7-15(14(16)8-13)19(4)10-11(2)9-17/h6-8,11-12,18H,5,10H2,1-4H3. The molecule has 1 N–H and O–H groups in total. The Bertz CT molecular complexity index is 453. The summed E-state index contributed by atoms with van der Waals surface area (Å²) < 4.78 is 0. The smallest absolute Gasteiger partial charge is 0.0671 e. The van der Waals surface area contributed by atoms with Crippen LogP contribution in [0.4, 0.5) is 5.69 Å². The Morgan fingerprint density at radius 1 is 1.42 bits per heavy atom. The molecular weight excluding hydrogens is 258 g/mol. The van der Waals surface area contributed by atoms with Crippen LogP contribution < -0.4 is 10.2 Å². The molecule has 0 aliphatic heterocycles. The number of nitrogens with one attached hydrogen (secondary N) is 1. The van der Waals surface area contributed by atoms with Gasteiger partial charge in [-0.1, -0.05) is 24.6 Å². The lowest BCUT2D eigenvalue weighted by atomic mass is 10.1. The summed E-state index contributed by atoms with van der Waals surface area (Å²) in [4.78, 5) is 2.03. The summed E-state index contributed by atoms with van der Waals surface area (Å²) >= 11 is 6.34. The van der Waals surface area contributed by atoms with Crippen LogP contribution in [0.15, 0.2) is 18.2 Å². The van der Waals surface area contributed by atoms with Gasteiger partial charge in [-0.3, -0.25) is 0 Å². The number of nitrogens with zero attached hydrogens (tertiary/aromatic N) is 2. The van der Waals surface area contributed by atoms with E-state index >= 15 is 0 Å². The molecule has 1 aromatic rings. The first kappa shape index (κ1) is 15.8. The molecule has 0 spiro atoms. The summed E-state index contributed by atoms with van der Waals surface area (Å²) in [5.74, 6) is -0.0126. The fourth-order valence-corrected chi connectivity index (χ4v) is 2.41. The molecular formula is C15H22ClN3. The van der Waals surface area contributed by atoms with Gasteiger partial charge in [0.05, 0.1) is 22.7 Å². The molecule has 2 atom stereocenters. The highest BCUT2D eigenvalue weighted by atomic mass is 35.5. The minimum atomic E-state index is -0.0126. The third-order valence-electron chi connectivity index (χ3n) is 3.16. The third-order valence-corrected chi connectivity index (χ3v) is 3.46. The van der Waals surface area contributed by atoms with Crippen LogP contribution in [-0.2, 0) is 0 Å². The number of rotatable bonds is 6. The minimum absolute atomic E-state index is 0.0126. The summed E-state index contributed by atoms with van der Waals surface area (Å²) in [6, 6.07) is 8.63. The Balaban J connectivity index is 2.85. The van der Waals surface area contributed by atoms with Crippen molar-refractivity contribution in [2.75, 3.05) is 25.0 Å². The largest absolute Gasteiger partial charge is 0.372 e. The first-order valence-corrected chi connectivity index (χ1v) is 7.01. The zero-order valence-electron chi connectivity index (χ0n) is 12.1. The zero-order valence-corrected chi connectivity index (χ0v) is 12.8. The van der Waals surface area contributed by atoms with E-state index in [1.165, 1.54) is 5.56 Å². The van der Waals surface area contributed by atoms with Crippen molar-refractivity contribution < 1.29 is 0 Å². The van der Waals surface area contributed by atoms with Crippen molar-refractivity contribution in [2.45, 2.75) is 26.8 Å². The van der Waals surface area contributed by atoms with E-state index in [0.29, 0.717) is 12.6 Å². The van der Waals surface area contributed by atoms with E-state index in [0.717, 1.165) is 17.3 Å². The lowest BCUT2D eigenvalue weighted by molar-refractivity contribution is 0.598. The topological polar surface area (TPSA) is 39.1 Å². The van der Waals surface area contributed by atoms with Gasteiger partial charge in [-0.2, -0.15) is 5.26 Å². The molecule has 0 aliphatic rings. The van der Waals surface area contributed by atoms with Gasteiger partial charge in [-0.15, -0.1) is 0 Å². The van der Waals surface area contributed by atoms with E-state index in [9.17, 15) is 0 Å². The molecule has 0 saturated carbocycles. The molecule has 0 saturated heterocycles. The number of nitriles is 1. The SMILES string of the molecule is CCNC(C)c1ccc(N(C)CC(C)C#N)c(Cl)c1. The quantitative estimate of drug-likeness (QED) is 0.865. The van der Waals surface area contributed by atoms with E-state index in [4.69, 9.17) is 16.9 Å². The van der Waals surface area contributed by atoms with Gasteiger partial charge in [0.1, 0.15) is 0 Å². The maximum Gasteiger partial charge on any atom is 0.0671 e. The van der Waals surface area contributed by atoms with E-state index < -0.39 is 0 Å². The second-order valence-electron chi connectivity index (χ2n) is 4.90. The number of anilines is 1. The highest BCUT2D eigenvalue weighted by Crippen LogP contribution is 2.28. The summed E-state index contributed by atoms with van der Waals surface area (Å²) in [7, 11) is 1.96. The zero-order chi connectivity index (χ0) is 14.4. The Hall–Kier alpha value is -1.24. The molecule has 19 heavy (non-hydrogen) atoms. The molecule has 4 heteroatoms. The maximum atomic E-state index is 8.86. The lowest BCUT2D eigenvalue weighted by Gasteiger charge is -2.23. The summed E-state index contributed by atoms with van der Waals surface area (Å²) in [5, 5.41) is 13.0. The van der Waals surface area contributed by atoms with Crippen LogP contribution in [-0.4, -0.2) is 20.1 Å². The van der Waals surface area contributed by atoms with Crippen molar-refractivity contribution in [3.63, 3.8) is 0 Å². The fourth-order valence-electron chi connectivity index (χ4n) is 2.08. The molecule has 104 valence electrons. The van der Waals surface area contributed by atoms with E-state index in [-0.39, 0.29) is 5.92 Å². The van der Waals surface area contributed by atoms with Gasteiger partial charge in [0, 0.05) is 19.6 Å². The Morgan fingerprint density at radius 2 is 2.11 bits per heavy atom. The molecule has 0 heterocycles. The van der Waals surface area contributed by atoms with Gasteiger partial charge in [-0.25, -0.2) is 0 Å². The van der Waals surface area contributed by atoms with Crippen LogP contribution in [0, 0.1) is 17.2 Å². The van der Waals surface area contributed by atoms with Crippen molar-refractivity contribution in [3.8, 4) is 6.07 Å². The van der Waals surface area contributed by atoms with Gasteiger partial charge in [0.15, 0.2) is 0 Å². The summed E-state index contributed by atoms with van der Waals surface area (Å²) in [6.07, 6.45) is 0. The number of halogens is 1. The van der Waals surface area contributed by atoms with Crippen LogP contribution in [0.25, 0.3) is 0 Å². The van der Waals surface area contributed by atoms with Gasteiger partial charge >= 0.3 is 0 Å². The number of benzene rings is 1. The van der Waals surface area contributed by atoms with Crippen molar-refractivity contribution in [1.82, 2.24) is 5.32 Å². The number of hydrogen-bond donors (Lipinski definition) is 1. The molecule has 0 fully saturated rings. The average Bonchev–Trinajstić information content (AvgIpc) is 2.38. The normalized spacial score (nSPS) is 13.7. The van der Waals surface area contributed by atoms with Crippen molar-refractivity contribution >= 4 is 17.3 Å². The van der Waals surface area contributed by atoms with Crippen molar-refractivity contribution in [2.24, 2.45) is 5.92 Å². The fraction of sp³-hybridized carbons (Fsp3) is 0.533. The first-order chi connectivity index (χ1) is 8.99. The molecule has 2 unspecified atom stereocenters. The molecule has 0 aliphatic carbocycles. The second kappa shape index (κ2) is 7.37. The van der Waals surface area contributed by atoms with Crippen molar-refractivity contribution in [3.05, 3.63) is 28.8 Å². The highest BCUT2D eigenvalue weighted by molar-refractivity contribution is 6.33. The van der Waals surface area contributed by atoms with Crippen LogP contribution in [0.1, 0.15) is 32.4 Å². The Morgan fingerprint density at radius 3 is 2.63 bits per heavy atom. The monoisotopic (exact) mass is 279 g/mol. The predicted octanol–water partition coefficient (Wildman–Crippen LogP) is 3.61. The first-order valence-electron chi connectivity index (χ1n) is 6.63. The second-order valence-corrected chi connectivity index (χ2v) is 5.31. The molecule has 0 aromatic heterocycles. The molecule has 0 amide bonds. The summed E-state index contributed by atoms with van der Waals surface area (Å²) in [5.41, 5.74) is 2.15. The highest BCUT2D eigenvalue weighted by Gasteiger charge is 2.12. The van der Waals surface area contributed by atoms with Crippen LogP contribution in [0.3, 0.4) is 0 Å². The molecule has 1 aromatic carbocycles. The van der Waals surface area contributed by atoms with Crippen molar-refractivity contribution in [1.29, 1.82) is 5.26 Å². The van der Waals surface area contributed by atoms with Crippen LogP contribution in [0.5, 0.6) is 0 Å².